The summed E-state index contributed by atoms with van der Waals surface area (Å²) in [7, 11) is 0. The Labute approximate surface area is 152 Å². The normalized spacial score (nSPS) is 45.6. The van der Waals surface area contributed by atoms with E-state index in [2.05, 4.69) is 11.8 Å². The number of ether oxygens (including phenoxy) is 1. The smallest absolute Gasteiger partial charge is 0.327 e. The first-order valence-electron chi connectivity index (χ1n) is 11.1. The van der Waals surface area contributed by atoms with Crippen molar-refractivity contribution in [3.05, 3.63) is 0 Å². The third kappa shape index (κ3) is 2.51. The van der Waals surface area contributed by atoms with E-state index in [0.717, 1.165) is 37.8 Å². The van der Waals surface area contributed by atoms with Crippen molar-refractivity contribution in [3.63, 3.8) is 0 Å². The Morgan fingerprint density at radius 3 is 1.96 bits per heavy atom. The van der Waals surface area contributed by atoms with Crippen molar-refractivity contribution in [2.75, 3.05) is 13.1 Å². The summed E-state index contributed by atoms with van der Waals surface area (Å²) in [5.74, 6) is 3.27. The van der Waals surface area contributed by atoms with Gasteiger partial charge in [-0.3, -0.25) is 9.69 Å². The molecule has 140 valence electrons. The Kier molecular flexibility index (Phi) is 3.96. The number of esters is 1. The molecule has 0 radical (unpaired) electrons. The van der Waals surface area contributed by atoms with Crippen LogP contribution in [0.3, 0.4) is 0 Å². The van der Waals surface area contributed by atoms with Gasteiger partial charge in [-0.05, 0) is 101 Å². The molecule has 0 atom stereocenters. The summed E-state index contributed by atoms with van der Waals surface area (Å²) in [5.41, 5.74) is -0.450. The lowest BCUT2D eigenvalue weighted by Gasteiger charge is -2.59. The van der Waals surface area contributed by atoms with Crippen LogP contribution in [0.5, 0.6) is 0 Å². The highest BCUT2D eigenvalue weighted by molar-refractivity contribution is 5.82. The third-order valence-electron chi connectivity index (χ3n) is 8.84. The Bertz CT molecular complexity index is 502. The van der Waals surface area contributed by atoms with Crippen molar-refractivity contribution < 1.29 is 9.53 Å². The van der Waals surface area contributed by atoms with E-state index in [1.165, 1.54) is 64.2 Å². The average molecular weight is 346 g/mol. The summed E-state index contributed by atoms with van der Waals surface area (Å²) >= 11 is 0. The van der Waals surface area contributed by atoms with Crippen LogP contribution in [0.1, 0.15) is 84.0 Å². The molecule has 0 N–H and O–H groups in total. The summed E-state index contributed by atoms with van der Waals surface area (Å²) in [6.45, 7) is 4.50. The molecule has 6 rings (SSSR count). The Morgan fingerprint density at radius 1 is 0.840 bits per heavy atom. The summed E-state index contributed by atoms with van der Waals surface area (Å²) in [5, 5.41) is 0. The maximum atomic E-state index is 13.6. The molecule has 3 heteroatoms. The SMILES string of the molecule is CC1(OC(=O)C2(N3CCCCC3)CCCC2)C2CC3CC(C2)CC1C3. The predicted molar refractivity (Wildman–Crippen MR) is 98.2 cm³/mol. The number of hydrogen-bond donors (Lipinski definition) is 0. The van der Waals surface area contributed by atoms with Gasteiger partial charge in [0, 0.05) is 0 Å². The molecular weight excluding hydrogens is 310 g/mol. The molecule has 6 fully saturated rings. The summed E-state index contributed by atoms with van der Waals surface area (Å²) in [6, 6.07) is 0. The van der Waals surface area contributed by atoms with Crippen LogP contribution < -0.4 is 0 Å². The molecule has 0 aromatic rings. The fourth-order valence-electron chi connectivity index (χ4n) is 7.51. The van der Waals surface area contributed by atoms with E-state index >= 15 is 0 Å². The van der Waals surface area contributed by atoms with Crippen LogP contribution in [0.25, 0.3) is 0 Å². The Balaban J connectivity index is 1.38. The first kappa shape index (κ1) is 16.6. The van der Waals surface area contributed by atoms with E-state index in [1.54, 1.807) is 0 Å². The maximum absolute atomic E-state index is 13.6. The number of nitrogens with zero attached hydrogens (tertiary/aromatic N) is 1. The van der Waals surface area contributed by atoms with Gasteiger partial charge in [-0.1, -0.05) is 19.3 Å². The van der Waals surface area contributed by atoms with Crippen molar-refractivity contribution in [2.24, 2.45) is 23.7 Å². The van der Waals surface area contributed by atoms with Crippen LogP contribution in [0.15, 0.2) is 0 Å². The van der Waals surface area contributed by atoms with Crippen LogP contribution in [0.4, 0.5) is 0 Å². The third-order valence-corrected chi connectivity index (χ3v) is 8.84. The fourth-order valence-corrected chi connectivity index (χ4v) is 7.51. The van der Waals surface area contributed by atoms with Gasteiger partial charge in [-0.25, -0.2) is 0 Å². The highest BCUT2D eigenvalue weighted by Gasteiger charge is 2.59. The minimum absolute atomic E-state index is 0.155. The van der Waals surface area contributed by atoms with Gasteiger partial charge in [0.05, 0.1) is 0 Å². The number of rotatable bonds is 3. The van der Waals surface area contributed by atoms with Crippen LogP contribution in [0.2, 0.25) is 0 Å². The molecule has 0 aromatic heterocycles. The largest absolute Gasteiger partial charge is 0.457 e. The molecule has 0 spiro atoms. The monoisotopic (exact) mass is 345 g/mol. The zero-order valence-electron chi connectivity index (χ0n) is 16.0. The minimum Gasteiger partial charge on any atom is -0.457 e. The number of hydrogen-bond acceptors (Lipinski definition) is 3. The zero-order valence-corrected chi connectivity index (χ0v) is 16.0. The molecule has 0 aromatic carbocycles. The van der Waals surface area contributed by atoms with Crippen LogP contribution >= 0.6 is 0 Å². The molecule has 6 aliphatic rings. The van der Waals surface area contributed by atoms with Gasteiger partial charge in [-0.2, -0.15) is 0 Å². The molecular formula is C22H35NO2. The van der Waals surface area contributed by atoms with Crippen molar-refractivity contribution >= 4 is 5.97 Å². The molecule has 0 amide bonds. The lowest BCUT2D eigenvalue weighted by Crippen LogP contribution is -2.62. The van der Waals surface area contributed by atoms with E-state index in [0.29, 0.717) is 11.8 Å². The fraction of sp³-hybridized carbons (Fsp3) is 0.955. The second-order valence-electron chi connectivity index (χ2n) is 10.2. The Hall–Kier alpha value is -0.570. The molecule has 1 saturated heterocycles. The minimum atomic E-state index is -0.280. The molecule has 5 saturated carbocycles. The van der Waals surface area contributed by atoms with Crippen LogP contribution in [0, 0.1) is 23.7 Å². The average Bonchev–Trinajstić information content (AvgIpc) is 3.11. The zero-order chi connectivity index (χ0) is 17.1. The molecule has 25 heavy (non-hydrogen) atoms. The molecule has 4 bridgehead atoms. The molecule has 1 aliphatic heterocycles. The standard InChI is InChI=1S/C22H35NO2/c1-21(18-12-16-11-17(14-18)15-19(21)13-16)25-20(24)22(7-3-4-8-22)23-9-5-2-6-10-23/h16-19H,2-15H2,1H3. The lowest BCUT2D eigenvalue weighted by atomic mass is 9.50. The molecule has 3 nitrogen and oxygen atoms in total. The van der Waals surface area contributed by atoms with E-state index in [4.69, 9.17) is 4.74 Å². The van der Waals surface area contributed by atoms with E-state index in [-0.39, 0.29) is 17.1 Å². The van der Waals surface area contributed by atoms with Crippen LogP contribution in [-0.4, -0.2) is 35.1 Å². The number of carbonyl (C=O) groups is 1. The highest BCUT2D eigenvalue weighted by Crippen LogP contribution is 2.60. The topological polar surface area (TPSA) is 29.5 Å². The first-order valence-corrected chi connectivity index (χ1v) is 11.1. The predicted octanol–water partition coefficient (Wildman–Crippen LogP) is 4.54. The van der Waals surface area contributed by atoms with Gasteiger partial charge in [0.25, 0.3) is 0 Å². The second-order valence-corrected chi connectivity index (χ2v) is 10.2. The highest BCUT2D eigenvalue weighted by atomic mass is 16.6. The molecule has 0 unspecified atom stereocenters. The second kappa shape index (κ2) is 5.97. The molecule has 5 aliphatic carbocycles. The van der Waals surface area contributed by atoms with E-state index in [1.807, 2.05) is 0 Å². The number of carbonyl (C=O) groups excluding carboxylic acids is 1. The van der Waals surface area contributed by atoms with E-state index in [9.17, 15) is 4.79 Å². The number of likely N-dealkylation sites (tertiary alicyclic amines) is 1. The Morgan fingerprint density at radius 2 is 1.40 bits per heavy atom. The summed E-state index contributed by atoms with van der Waals surface area (Å²) in [6.07, 6.45) is 15.0. The van der Waals surface area contributed by atoms with Gasteiger partial charge in [-0.15, -0.1) is 0 Å². The maximum Gasteiger partial charge on any atom is 0.327 e. The number of piperidine rings is 1. The van der Waals surface area contributed by atoms with Gasteiger partial charge in [0.15, 0.2) is 0 Å². The van der Waals surface area contributed by atoms with Crippen molar-refractivity contribution in [2.45, 2.75) is 95.1 Å². The quantitative estimate of drug-likeness (QED) is 0.703. The van der Waals surface area contributed by atoms with Gasteiger partial charge in [0.1, 0.15) is 11.1 Å². The first-order chi connectivity index (χ1) is 12.1. The van der Waals surface area contributed by atoms with E-state index < -0.39 is 0 Å². The van der Waals surface area contributed by atoms with Crippen molar-refractivity contribution in [3.8, 4) is 0 Å². The van der Waals surface area contributed by atoms with Gasteiger partial charge >= 0.3 is 5.97 Å². The van der Waals surface area contributed by atoms with Gasteiger partial charge in [0.2, 0.25) is 0 Å². The lowest BCUT2D eigenvalue weighted by molar-refractivity contribution is -0.214. The van der Waals surface area contributed by atoms with Gasteiger partial charge < -0.3 is 4.74 Å². The molecule has 1 heterocycles. The van der Waals surface area contributed by atoms with Crippen molar-refractivity contribution in [1.29, 1.82) is 0 Å². The van der Waals surface area contributed by atoms with Crippen molar-refractivity contribution in [1.82, 2.24) is 4.90 Å². The summed E-state index contributed by atoms with van der Waals surface area (Å²) in [4.78, 5) is 16.1. The summed E-state index contributed by atoms with van der Waals surface area (Å²) < 4.78 is 6.57. The van der Waals surface area contributed by atoms with Crippen LogP contribution in [-0.2, 0) is 9.53 Å².